The number of pyridine rings is 1. The Bertz CT molecular complexity index is 1670. The Balaban J connectivity index is 1.63. The van der Waals surface area contributed by atoms with Gasteiger partial charge in [-0.2, -0.15) is 4.68 Å². The summed E-state index contributed by atoms with van der Waals surface area (Å²) in [6, 6.07) is 19.9. The Kier molecular flexibility index (Phi) is 5.84. The molecule has 5 aromatic rings. The van der Waals surface area contributed by atoms with E-state index in [1.54, 1.807) is 53.4 Å². The topological polar surface area (TPSA) is 82.7 Å². The number of ketones is 1. The first-order valence-corrected chi connectivity index (χ1v) is 11.3. The predicted molar refractivity (Wildman–Crippen MR) is 137 cm³/mol. The number of nitrogens with zero attached hydrogens (tertiary/aromatic N) is 5. The molecule has 0 bridgehead atoms. The first-order valence-electron chi connectivity index (χ1n) is 10.9. The number of aromatic nitrogens is 5. The molecule has 0 aliphatic heterocycles. The lowest BCUT2D eigenvalue weighted by Gasteiger charge is -2.10. The third-order valence-electron chi connectivity index (χ3n) is 5.76. The second-order valence-corrected chi connectivity index (χ2v) is 8.62. The molecule has 0 radical (unpaired) electrons. The zero-order chi connectivity index (χ0) is 24.5. The molecular formula is C27H20ClN5O2. The van der Waals surface area contributed by atoms with Gasteiger partial charge in [0, 0.05) is 34.4 Å². The Morgan fingerprint density at radius 3 is 2.54 bits per heavy atom. The first-order chi connectivity index (χ1) is 16.9. The fourth-order valence-corrected chi connectivity index (χ4v) is 4.15. The summed E-state index contributed by atoms with van der Waals surface area (Å²) in [6.45, 7) is 3.90. The number of para-hydroxylation sites is 1. The normalized spacial score (nSPS) is 11.4. The average Bonchev–Trinajstić information content (AvgIpc) is 3.34. The second-order valence-electron chi connectivity index (χ2n) is 8.19. The predicted octanol–water partition coefficient (Wildman–Crippen LogP) is 5.27. The molecule has 35 heavy (non-hydrogen) atoms. The number of tetrazole rings is 1. The van der Waals surface area contributed by atoms with Crippen LogP contribution in [0.3, 0.4) is 0 Å². The summed E-state index contributed by atoms with van der Waals surface area (Å²) in [5.74, 6) is 0.156. The highest BCUT2D eigenvalue weighted by molar-refractivity contribution is 6.30. The molecule has 3 aromatic carbocycles. The summed E-state index contributed by atoms with van der Waals surface area (Å²) in [6.07, 6.45) is 4.80. The fraction of sp³-hybridized carbons (Fsp3) is 0.0741. The largest absolute Gasteiger partial charge is 0.322 e. The van der Waals surface area contributed by atoms with Gasteiger partial charge in [0.25, 0.3) is 0 Å². The van der Waals surface area contributed by atoms with Crippen LogP contribution in [0.15, 0.2) is 83.8 Å². The van der Waals surface area contributed by atoms with Crippen molar-refractivity contribution in [2.75, 3.05) is 0 Å². The van der Waals surface area contributed by atoms with Crippen LogP contribution < -0.4 is 5.43 Å². The van der Waals surface area contributed by atoms with Gasteiger partial charge in [0.2, 0.25) is 5.43 Å². The maximum absolute atomic E-state index is 13.4. The SMILES string of the molecule is Cc1ccc(C(=O)C=Cn2cc(-c3nnnn3-c3ccc(Cl)cc3)c(=O)c3ccccc32)c(C)c1. The molecule has 172 valence electrons. The third-order valence-corrected chi connectivity index (χ3v) is 6.01. The van der Waals surface area contributed by atoms with E-state index in [2.05, 4.69) is 15.5 Å². The highest BCUT2D eigenvalue weighted by atomic mass is 35.5. The molecule has 0 spiro atoms. The zero-order valence-corrected chi connectivity index (χ0v) is 19.8. The Morgan fingerprint density at radius 2 is 1.77 bits per heavy atom. The van der Waals surface area contributed by atoms with E-state index >= 15 is 0 Å². The number of hydrogen-bond donors (Lipinski definition) is 0. The number of benzene rings is 3. The van der Waals surface area contributed by atoms with Crippen LogP contribution in [-0.4, -0.2) is 30.6 Å². The van der Waals surface area contributed by atoms with Gasteiger partial charge < -0.3 is 4.57 Å². The van der Waals surface area contributed by atoms with E-state index in [9.17, 15) is 9.59 Å². The van der Waals surface area contributed by atoms with Gasteiger partial charge in [-0.1, -0.05) is 47.5 Å². The lowest BCUT2D eigenvalue weighted by Crippen LogP contribution is -2.13. The van der Waals surface area contributed by atoms with Crippen molar-refractivity contribution in [2.24, 2.45) is 0 Å². The average molecular weight is 482 g/mol. The summed E-state index contributed by atoms with van der Waals surface area (Å²) in [4.78, 5) is 26.3. The smallest absolute Gasteiger partial charge is 0.200 e. The van der Waals surface area contributed by atoms with Crippen LogP contribution in [-0.2, 0) is 0 Å². The van der Waals surface area contributed by atoms with Crippen LogP contribution in [0.1, 0.15) is 21.5 Å². The minimum absolute atomic E-state index is 0.127. The number of hydrogen-bond acceptors (Lipinski definition) is 5. The molecule has 7 nitrogen and oxygen atoms in total. The fourth-order valence-electron chi connectivity index (χ4n) is 4.02. The maximum atomic E-state index is 13.4. The van der Waals surface area contributed by atoms with Crippen LogP contribution in [0.5, 0.6) is 0 Å². The highest BCUT2D eigenvalue weighted by Gasteiger charge is 2.17. The van der Waals surface area contributed by atoms with Crippen molar-refractivity contribution >= 4 is 34.5 Å². The number of carbonyl (C=O) groups excluding carboxylic acids is 1. The van der Waals surface area contributed by atoms with Gasteiger partial charge in [-0.3, -0.25) is 9.59 Å². The molecule has 0 N–H and O–H groups in total. The van der Waals surface area contributed by atoms with E-state index in [4.69, 9.17) is 11.6 Å². The van der Waals surface area contributed by atoms with E-state index < -0.39 is 0 Å². The van der Waals surface area contributed by atoms with Crippen molar-refractivity contribution in [3.05, 3.63) is 111 Å². The Labute approximate surface area is 205 Å². The Morgan fingerprint density at radius 1 is 1.00 bits per heavy atom. The standard InChI is InChI=1S/C27H20ClN5O2/c1-17-7-12-21(18(2)15-17)25(34)13-14-32-16-23(26(35)22-5-3-4-6-24(22)32)27-29-30-31-33(27)20-10-8-19(28)9-11-20/h3-16H,1-2H3. The summed E-state index contributed by atoms with van der Waals surface area (Å²) in [5, 5.41) is 13.0. The van der Waals surface area contributed by atoms with E-state index in [-0.39, 0.29) is 17.0 Å². The molecule has 2 heterocycles. The second kappa shape index (κ2) is 9.12. The maximum Gasteiger partial charge on any atom is 0.200 e. The molecule has 0 aliphatic carbocycles. The molecule has 0 fully saturated rings. The molecule has 8 heteroatoms. The van der Waals surface area contributed by atoms with E-state index in [1.165, 1.54) is 10.8 Å². The van der Waals surface area contributed by atoms with Crippen LogP contribution in [0.2, 0.25) is 5.02 Å². The van der Waals surface area contributed by atoms with Crippen LogP contribution in [0.4, 0.5) is 0 Å². The van der Waals surface area contributed by atoms with Gasteiger partial charge in [0.1, 0.15) is 0 Å². The summed E-state index contributed by atoms with van der Waals surface area (Å²) in [7, 11) is 0. The molecule has 0 unspecified atom stereocenters. The van der Waals surface area contributed by atoms with Crippen molar-refractivity contribution in [2.45, 2.75) is 13.8 Å². The lowest BCUT2D eigenvalue weighted by atomic mass is 10.0. The third kappa shape index (κ3) is 4.29. The van der Waals surface area contributed by atoms with Gasteiger partial charge >= 0.3 is 0 Å². The number of fused-ring (bicyclic) bond motifs is 1. The summed E-state index contributed by atoms with van der Waals surface area (Å²) in [5.41, 5.74) is 4.04. The minimum Gasteiger partial charge on any atom is -0.322 e. The zero-order valence-electron chi connectivity index (χ0n) is 19.0. The lowest BCUT2D eigenvalue weighted by molar-refractivity contribution is 0.104. The first kappa shape index (κ1) is 22.4. The van der Waals surface area contributed by atoms with E-state index in [1.807, 2.05) is 44.2 Å². The van der Waals surface area contributed by atoms with Gasteiger partial charge in [-0.05, 0) is 66.2 Å². The number of carbonyl (C=O) groups is 1. The van der Waals surface area contributed by atoms with Gasteiger partial charge in [0.15, 0.2) is 11.6 Å². The molecular weight excluding hydrogens is 462 g/mol. The summed E-state index contributed by atoms with van der Waals surface area (Å²) >= 11 is 6.01. The van der Waals surface area contributed by atoms with Crippen LogP contribution in [0.25, 0.3) is 34.2 Å². The molecule has 0 aliphatic rings. The monoisotopic (exact) mass is 481 g/mol. The number of aryl methyl sites for hydroxylation is 2. The molecule has 5 rings (SSSR count). The quantitative estimate of drug-likeness (QED) is 0.252. The van der Waals surface area contributed by atoms with Crippen molar-refractivity contribution in [3.63, 3.8) is 0 Å². The van der Waals surface area contributed by atoms with Crippen LogP contribution in [0, 0.1) is 13.8 Å². The molecule has 2 aromatic heterocycles. The molecule has 0 saturated carbocycles. The highest BCUT2D eigenvalue weighted by Crippen LogP contribution is 2.22. The number of rotatable bonds is 5. The van der Waals surface area contributed by atoms with E-state index in [0.717, 1.165) is 11.1 Å². The minimum atomic E-state index is -0.212. The summed E-state index contributed by atoms with van der Waals surface area (Å²) < 4.78 is 3.23. The molecule has 0 atom stereocenters. The van der Waals surface area contributed by atoms with Gasteiger partial charge in [-0.25, -0.2) is 0 Å². The van der Waals surface area contributed by atoms with Crippen molar-refractivity contribution in [1.29, 1.82) is 0 Å². The van der Waals surface area contributed by atoms with Crippen molar-refractivity contribution in [1.82, 2.24) is 24.8 Å². The number of halogens is 1. The van der Waals surface area contributed by atoms with Crippen molar-refractivity contribution < 1.29 is 4.79 Å². The van der Waals surface area contributed by atoms with Crippen LogP contribution >= 0.6 is 11.6 Å². The van der Waals surface area contributed by atoms with E-state index in [0.29, 0.717) is 32.7 Å². The Hall–Kier alpha value is -4.36. The number of allylic oxidation sites excluding steroid dienone is 1. The molecule has 0 amide bonds. The van der Waals surface area contributed by atoms with Gasteiger partial charge in [0.05, 0.1) is 16.8 Å². The molecule has 0 saturated heterocycles. The van der Waals surface area contributed by atoms with Crippen molar-refractivity contribution in [3.8, 4) is 17.1 Å². The van der Waals surface area contributed by atoms with Gasteiger partial charge in [-0.15, -0.1) is 5.10 Å².